The lowest BCUT2D eigenvalue weighted by molar-refractivity contribution is -0.115. The first kappa shape index (κ1) is 15.4. The van der Waals surface area contributed by atoms with Gasteiger partial charge in [-0.3, -0.25) is 4.79 Å². The highest BCUT2D eigenvalue weighted by molar-refractivity contribution is 9.09. The van der Waals surface area contributed by atoms with Gasteiger partial charge in [0, 0.05) is 6.42 Å². The minimum atomic E-state index is -0.417. The van der Waals surface area contributed by atoms with Crippen molar-refractivity contribution in [2.24, 2.45) is 0 Å². The molecule has 0 aliphatic carbocycles. The van der Waals surface area contributed by atoms with E-state index in [1.54, 1.807) is 25.1 Å². The van der Waals surface area contributed by atoms with Crippen molar-refractivity contribution >= 4 is 27.7 Å². The van der Waals surface area contributed by atoms with Crippen LogP contribution in [0.15, 0.2) is 18.2 Å². The van der Waals surface area contributed by atoms with Crippen LogP contribution in [0.3, 0.4) is 0 Å². The zero-order chi connectivity index (χ0) is 14.3. The lowest BCUT2D eigenvalue weighted by Crippen LogP contribution is -2.09. The maximum Gasteiger partial charge on any atom is 0.338 e. The smallest absolute Gasteiger partial charge is 0.338 e. The molecule has 1 rings (SSSR count). The number of ether oxygens (including phenoxy) is 1. The molecule has 0 saturated heterocycles. The van der Waals surface area contributed by atoms with E-state index in [1.165, 1.54) is 0 Å². The fourth-order valence-corrected chi connectivity index (χ4v) is 1.85. The van der Waals surface area contributed by atoms with E-state index in [1.807, 2.05) is 6.07 Å². The summed E-state index contributed by atoms with van der Waals surface area (Å²) in [6, 6.07) is 6.99. The van der Waals surface area contributed by atoms with E-state index in [9.17, 15) is 9.59 Å². The first-order valence-corrected chi connectivity index (χ1v) is 6.98. The van der Waals surface area contributed by atoms with Gasteiger partial charge >= 0.3 is 5.97 Å². The Bertz CT molecular complexity index is 520. The highest BCUT2D eigenvalue weighted by Gasteiger charge is 2.12. The number of nitrogens with zero attached hydrogens (tertiary/aromatic N) is 1. The summed E-state index contributed by atoms with van der Waals surface area (Å²) in [6.45, 7) is 2.04. The molecule has 0 saturated carbocycles. The Hall–Kier alpha value is -1.67. The number of halogens is 1. The van der Waals surface area contributed by atoms with Gasteiger partial charge in [0.15, 0.2) is 0 Å². The number of nitriles is 1. The summed E-state index contributed by atoms with van der Waals surface area (Å²) in [5, 5.41) is 9.08. The van der Waals surface area contributed by atoms with Crippen LogP contribution in [0.1, 0.15) is 28.4 Å². The summed E-state index contributed by atoms with van der Waals surface area (Å²) in [7, 11) is 0. The van der Waals surface area contributed by atoms with Crippen LogP contribution >= 0.6 is 15.9 Å². The van der Waals surface area contributed by atoms with Gasteiger partial charge in [0.25, 0.3) is 0 Å². The molecule has 0 aliphatic heterocycles. The molecule has 1 aromatic carbocycles. The summed E-state index contributed by atoms with van der Waals surface area (Å²) in [5.41, 5.74) is 1.88. The molecule has 19 heavy (non-hydrogen) atoms. The van der Waals surface area contributed by atoms with Crippen LogP contribution in [0, 0.1) is 11.3 Å². The quantitative estimate of drug-likeness (QED) is 0.595. The number of rotatable bonds is 6. The fourth-order valence-electron chi connectivity index (χ4n) is 1.65. The van der Waals surface area contributed by atoms with Gasteiger partial charge in [-0.1, -0.05) is 22.0 Å². The maximum atomic E-state index is 11.6. The SMILES string of the molecule is CCOC(=O)c1ccc(CC(=O)CBr)c(CC#N)c1. The van der Waals surface area contributed by atoms with Crippen LogP contribution in [0.4, 0.5) is 0 Å². The molecule has 4 nitrogen and oxygen atoms in total. The van der Waals surface area contributed by atoms with Crippen molar-refractivity contribution in [3.05, 3.63) is 34.9 Å². The van der Waals surface area contributed by atoms with Crippen LogP contribution < -0.4 is 0 Å². The van der Waals surface area contributed by atoms with E-state index in [0.717, 1.165) is 5.56 Å². The van der Waals surface area contributed by atoms with E-state index in [0.29, 0.717) is 17.7 Å². The third kappa shape index (κ3) is 4.49. The van der Waals surface area contributed by atoms with E-state index in [-0.39, 0.29) is 24.0 Å². The van der Waals surface area contributed by atoms with E-state index in [4.69, 9.17) is 10.00 Å². The zero-order valence-electron chi connectivity index (χ0n) is 10.6. The van der Waals surface area contributed by atoms with Crippen molar-refractivity contribution < 1.29 is 14.3 Å². The number of alkyl halides is 1. The van der Waals surface area contributed by atoms with Crippen LogP contribution in [0.5, 0.6) is 0 Å². The normalized spacial score (nSPS) is 9.74. The topological polar surface area (TPSA) is 67.2 Å². The third-order valence-corrected chi connectivity index (χ3v) is 3.15. The largest absolute Gasteiger partial charge is 0.462 e. The molecule has 0 heterocycles. The molecule has 0 aromatic heterocycles. The highest BCUT2D eigenvalue weighted by atomic mass is 79.9. The Morgan fingerprint density at radius 3 is 2.68 bits per heavy atom. The van der Waals surface area contributed by atoms with Gasteiger partial charge in [-0.05, 0) is 30.2 Å². The second-order valence-electron chi connectivity index (χ2n) is 3.89. The molecular formula is C14H14BrNO3. The molecule has 0 aliphatic rings. The van der Waals surface area contributed by atoms with Crippen molar-refractivity contribution in [3.8, 4) is 6.07 Å². The standard InChI is InChI=1S/C14H14BrNO3/c1-2-19-14(18)12-4-3-10(8-13(17)9-15)11(7-12)5-6-16/h3-4,7H,2,5,8-9H2,1H3. The molecule has 0 atom stereocenters. The Labute approximate surface area is 120 Å². The lowest BCUT2D eigenvalue weighted by atomic mass is 9.98. The van der Waals surface area contributed by atoms with Crippen molar-refractivity contribution in [2.45, 2.75) is 19.8 Å². The molecule has 0 unspecified atom stereocenters. The van der Waals surface area contributed by atoms with Gasteiger partial charge in [0.1, 0.15) is 5.78 Å². The lowest BCUT2D eigenvalue weighted by Gasteiger charge is -2.08. The van der Waals surface area contributed by atoms with Gasteiger partial charge in [-0.25, -0.2) is 4.79 Å². The summed E-state index contributed by atoms with van der Waals surface area (Å²) >= 11 is 3.11. The van der Waals surface area contributed by atoms with Crippen LogP contribution in [0.25, 0.3) is 0 Å². The number of benzene rings is 1. The van der Waals surface area contributed by atoms with Gasteiger partial charge in [-0.2, -0.15) is 5.26 Å². The molecule has 1 aromatic rings. The van der Waals surface area contributed by atoms with Gasteiger partial charge in [-0.15, -0.1) is 0 Å². The summed E-state index contributed by atoms with van der Waals surface area (Å²) in [5.74, 6) is -0.386. The summed E-state index contributed by atoms with van der Waals surface area (Å²) in [6.07, 6.45) is 0.420. The van der Waals surface area contributed by atoms with Crippen molar-refractivity contribution in [3.63, 3.8) is 0 Å². The Balaban J connectivity index is 3.04. The Morgan fingerprint density at radius 2 is 2.11 bits per heavy atom. The summed E-state index contributed by atoms with van der Waals surface area (Å²) < 4.78 is 4.91. The molecule has 0 radical (unpaired) electrons. The van der Waals surface area contributed by atoms with Crippen LogP contribution in [0.2, 0.25) is 0 Å². The number of hydrogen-bond acceptors (Lipinski definition) is 4. The first-order chi connectivity index (χ1) is 9.12. The Kier molecular flexibility index (Phi) is 6.23. The van der Waals surface area contributed by atoms with E-state index >= 15 is 0 Å². The molecule has 0 bridgehead atoms. The third-order valence-electron chi connectivity index (χ3n) is 2.52. The van der Waals surface area contributed by atoms with Crippen LogP contribution in [-0.4, -0.2) is 23.7 Å². The van der Waals surface area contributed by atoms with Crippen molar-refractivity contribution in [1.82, 2.24) is 0 Å². The van der Waals surface area contributed by atoms with Gasteiger partial charge in [0.2, 0.25) is 0 Å². The molecular weight excluding hydrogens is 310 g/mol. The highest BCUT2D eigenvalue weighted by Crippen LogP contribution is 2.15. The molecule has 100 valence electrons. The summed E-state index contributed by atoms with van der Waals surface area (Å²) in [4.78, 5) is 23.0. The predicted octanol–water partition coefficient (Wildman–Crippen LogP) is 2.44. The molecule has 5 heteroatoms. The van der Waals surface area contributed by atoms with E-state index < -0.39 is 5.97 Å². The fraction of sp³-hybridized carbons (Fsp3) is 0.357. The number of hydrogen-bond donors (Lipinski definition) is 0. The predicted molar refractivity (Wildman–Crippen MR) is 74.2 cm³/mol. The molecule has 0 fully saturated rings. The van der Waals surface area contributed by atoms with Crippen molar-refractivity contribution in [1.29, 1.82) is 5.26 Å². The van der Waals surface area contributed by atoms with E-state index in [2.05, 4.69) is 15.9 Å². The zero-order valence-corrected chi connectivity index (χ0v) is 12.2. The number of carbonyl (C=O) groups is 2. The van der Waals surface area contributed by atoms with Crippen LogP contribution in [-0.2, 0) is 22.4 Å². The van der Waals surface area contributed by atoms with Gasteiger partial charge in [0.05, 0.1) is 30.0 Å². The number of ketones is 1. The van der Waals surface area contributed by atoms with Crippen molar-refractivity contribution in [2.75, 3.05) is 11.9 Å². The Morgan fingerprint density at radius 1 is 1.37 bits per heavy atom. The molecule has 0 N–H and O–H groups in total. The molecule has 0 amide bonds. The average Bonchev–Trinajstić information content (AvgIpc) is 2.41. The minimum Gasteiger partial charge on any atom is -0.462 e. The number of Topliss-reactive ketones (excluding diaryl/α,β-unsaturated/α-hetero) is 1. The number of carbonyl (C=O) groups excluding carboxylic acids is 2. The monoisotopic (exact) mass is 323 g/mol. The second kappa shape index (κ2) is 7.70. The van der Waals surface area contributed by atoms with Gasteiger partial charge < -0.3 is 4.74 Å². The number of esters is 1. The maximum absolute atomic E-state index is 11.6. The average molecular weight is 324 g/mol. The molecule has 0 spiro atoms. The minimum absolute atomic E-state index is 0.0306. The second-order valence-corrected chi connectivity index (χ2v) is 4.45. The first-order valence-electron chi connectivity index (χ1n) is 5.85.